The number of carbonyl (C=O) groups excluding carboxylic acids is 3. The largest absolute Gasteiger partial charge is 0.360 e. The van der Waals surface area contributed by atoms with E-state index in [9.17, 15) is 14.4 Å². The second-order valence-corrected chi connectivity index (χ2v) is 8.71. The van der Waals surface area contributed by atoms with Gasteiger partial charge in [-0.2, -0.15) is 0 Å². The molecule has 2 amide bonds. The smallest absolute Gasteiger partial charge is 0.255 e. The summed E-state index contributed by atoms with van der Waals surface area (Å²) in [6, 6.07) is 9.20. The molecule has 2 N–H and O–H groups in total. The Balaban J connectivity index is 1.46. The number of likely N-dealkylation sites (tertiary alicyclic amines) is 1. The standard InChI is InChI=1S/C25H27N5O3/c1-26-24(32)22(4-2-11-31)30-15-17-12-16(5-6-19(17)25(30)33)21-13-18(14-29-9-3-10-29)23-20(28-21)7-8-27-23/h5-8,11-13,22,27H,2-4,9-10,14-15H2,1H3,(H,26,32). The lowest BCUT2D eigenvalue weighted by Gasteiger charge is -2.30. The van der Waals surface area contributed by atoms with Gasteiger partial charge in [-0.25, -0.2) is 4.98 Å². The van der Waals surface area contributed by atoms with Crippen LogP contribution in [0.2, 0.25) is 0 Å². The second-order valence-electron chi connectivity index (χ2n) is 8.71. The van der Waals surface area contributed by atoms with Crippen LogP contribution in [0.1, 0.15) is 40.7 Å². The summed E-state index contributed by atoms with van der Waals surface area (Å²) in [6.07, 6.45) is 4.47. The summed E-state index contributed by atoms with van der Waals surface area (Å²) in [6.45, 7) is 3.46. The highest BCUT2D eigenvalue weighted by atomic mass is 16.2. The fourth-order valence-corrected chi connectivity index (χ4v) is 4.74. The number of aldehydes is 1. The molecule has 1 aromatic carbocycles. The van der Waals surface area contributed by atoms with Crippen LogP contribution < -0.4 is 5.32 Å². The number of rotatable bonds is 8. The molecule has 170 valence electrons. The highest BCUT2D eigenvalue weighted by Gasteiger charge is 2.36. The Morgan fingerprint density at radius 2 is 2.12 bits per heavy atom. The molecule has 0 aliphatic carbocycles. The van der Waals surface area contributed by atoms with Gasteiger partial charge in [-0.05, 0) is 61.3 Å². The molecule has 0 bridgehead atoms. The van der Waals surface area contributed by atoms with Gasteiger partial charge < -0.3 is 20.0 Å². The Morgan fingerprint density at radius 1 is 1.27 bits per heavy atom. The molecule has 3 aromatic rings. The summed E-state index contributed by atoms with van der Waals surface area (Å²) in [5, 5.41) is 2.62. The summed E-state index contributed by atoms with van der Waals surface area (Å²) in [5.74, 6) is -0.433. The van der Waals surface area contributed by atoms with Gasteiger partial charge in [-0.3, -0.25) is 14.5 Å². The summed E-state index contributed by atoms with van der Waals surface area (Å²) in [5.41, 5.74) is 6.49. The first-order valence-electron chi connectivity index (χ1n) is 11.4. The number of hydrogen-bond acceptors (Lipinski definition) is 5. The van der Waals surface area contributed by atoms with Gasteiger partial charge in [0.1, 0.15) is 12.3 Å². The highest BCUT2D eigenvalue weighted by Crippen LogP contribution is 2.32. The number of pyridine rings is 1. The Hall–Kier alpha value is -3.52. The van der Waals surface area contributed by atoms with Crippen molar-refractivity contribution in [3.05, 3.63) is 53.2 Å². The molecule has 8 nitrogen and oxygen atoms in total. The van der Waals surface area contributed by atoms with Crippen LogP contribution in [0, 0.1) is 0 Å². The number of hydrogen-bond donors (Lipinski definition) is 2. The minimum atomic E-state index is -0.666. The summed E-state index contributed by atoms with van der Waals surface area (Å²) in [4.78, 5) is 48.5. The Bertz CT molecular complexity index is 1230. The van der Waals surface area contributed by atoms with Gasteiger partial charge in [-0.15, -0.1) is 0 Å². The van der Waals surface area contributed by atoms with Gasteiger partial charge in [-0.1, -0.05) is 6.07 Å². The quantitative estimate of drug-likeness (QED) is 0.519. The van der Waals surface area contributed by atoms with Gasteiger partial charge in [0.15, 0.2) is 0 Å². The fraction of sp³-hybridized carbons (Fsp3) is 0.360. The maximum atomic E-state index is 13.1. The van der Waals surface area contributed by atoms with Crippen molar-refractivity contribution < 1.29 is 14.4 Å². The molecule has 4 heterocycles. The number of amides is 2. The van der Waals surface area contributed by atoms with E-state index in [2.05, 4.69) is 21.3 Å². The number of aromatic amines is 1. The zero-order chi connectivity index (χ0) is 22.9. The topological polar surface area (TPSA) is 98.4 Å². The molecule has 1 saturated heterocycles. The molecule has 2 aromatic heterocycles. The van der Waals surface area contributed by atoms with Gasteiger partial charge in [0, 0.05) is 43.9 Å². The Labute approximate surface area is 192 Å². The van der Waals surface area contributed by atoms with Crippen LogP contribution in [0.4, 0.5) is 0 Å². The molecule has 2 aliphatic heterocycles. The summed E-state index contributed by atoms with van der Waals surface area (Å²) >= 11 is 0. The van der Waals surface area contributed by atoms with Gasteiger partial charge in [0.05, 0.1) is 16.7 Å². The predicted octanol–water partition coefficient (Wildman–Crippen LogP) is 2.49. The molecule has 2 aliphatic rings. The summed E-state index contributed by atoms with van der Waals surface area (Å²) < 4.78 is 0. The zero-order valence-corrected chi connectivity index (χ0v) is 18.6. The highest BCUT2D eigenvalue weighted by molar-refractivity contribution is 6.01. The molecular formula is C25H27N5O3. The van der Waals surface area contributed by atoms with Crippen LogP contribution in [0.15, 0.2) is 36.5 Å². The molecule has 8 heteroatoms. The number of likely N-dealkylation sites (N-methyl/N-ethyl adjacent to an activating group) is 1. The first kappa shape index (κ1) is 21.3. The van der Waals surface area contributed by atoms with Gasteiger partial charge >= 0.3 is 0 Å². The van der Waals surface area contributed by atoms with Crippen molar-refractivity contribution in [3.63, 3.8) is 0 Å². The molecule has 0 spiro atoms. The van der Waals surface area contributed by atoms with E-state index >= 15 is 0 Å². The van der Waals surface area contributed by atoms with E-state index in [1.807, 2.05) is 30.5 Å². The number of nitrogens with zero attached hydrogens (tertiary/aromatic N) is 3. The minimum absolute atomic E-state index is 0.177. The second kappa shape index (κ2) is 8.78. The number of H-pyrrole nitrogens is 1. The average Bonchev–Trinajstić information content (AvgIpc) is 3.40. The van der Waals surface area contributed by atoms with Crippen LogP contribution in [-0.4, -0.2) is 64.0 Å². The van der Waals surface area contributed by atoms with Crippen molar-refractivity contribution in [1.29, 1.82) is 0 Å². The lowest BCUT2D eigenvalue weighted by molar-refractivity contribution is -0.125. The molecular weight excluding hydrogens is 418 g/mol. The van der Waals surface area contributed by atoms with Crippen LogP contribution in [0.3, 0.4) is 0 Å². The predicted molar refractivity (Wildman–Crippen MR) is 124 cm³/mol. The average molecular weight is 446 g/mol. The van der Waals surface area contributed by atoms with Crippen molar-refractivity contribution in [2.24, 2.45) is 0 Å². The number of fused-ring (bicyclic) bond motifs is 2. The lowest BCUT2D eigenvalue weighted by atomic mass is 10.0. The third kappa shape index (κ3) is 3.91. The molecule has 0 radical (unpaired) electrons. The molecule has 33 heavy (non-hydrogen) atoms. The minimum Gasteiger partial charge on any atom is -0.360 e. The SMILES string of the molecule is CNC(=O)C(CCC=O)N1Cc2cc(-c3cc(CN4CCC4)c4[nH]ccc4n3)ccc2C1=O. The summed E-state index contributed by atoms with van der Waals surface area (Å²) in [7, 11) is 1.54. The first-order valence-corrected chi connectivity index (χ1v) is 11.4. The number of benzene rings is 1. The number of carbonyl (C=O) groups is 3. The van der Waals surface area contributed by atoms with E-state index < -0.39 is 6.04 Å². The monoisotopic (exact) mass is 445 g/mol. The van der Waals surface area contributed by atoms with Crippen LogP contribution in [0.25, 0.3) is 22.3 Å². The van der Waals surface area contributed by atoms with Crippen LogP contribution in [0.5, 0.6) is 0 Å². The van der Waals surface area contributed by atoms with Crippen molar-refractivity contribution in [1.82, 2.24) is 25.1 Å². The molecule has 1 unspecified atom stereocenters. The lowest BCUT2D eigenvalue weighted by Crippen LogP contribution is -2.46. The normalized spacial score (nSPS) is 16.5. The molecule has 5 rings (SSSR count). The first-order chi connectivity index (χ1) is 16.1. The molecule has 1 fully saturated rings. The third-order valence-corrected chi connectivity index (χ3v) is 6.66. The van der Waals surface area contributed by atoms with Crippen LogP contribution in [-0.2, 0) is 22.7 Å². The molecule has 0 saturated carbocycles. The zero-order valence-electron chi connectivity index (χ0n) is 18.6. The Kier molecular flexibility index (Phi) is 5.68. The third-order valence-electron chi connectivity index (χ3n) is 6.66. The van der Waals surface area contributed by atoms with Gasteiger partial charge in [0.25, 0.3) is 5.91 Å². The van der Waals surface area contributed by atoms with Crippen LogP contribution >= 0.6 is 0 Å². The van der Waals surface area contributed by atoms with E-state index in [4.69, 9.17) is 4.98 Å². The van der Waals surface area contributed by atoms with Crippen molar-refractivity contribution >= 4 is 29.1 Å². The van der Waals surface area contributed by atoms with E-state index in [0.29, 0.717) is 18.5 Å². The van der Waals surface area contributed by atoms with Crippen molar-refractivity contribution in [3.8, 4) is 11.3 Å². The van der Waals surface area contributed by atoms with E-state index in [1.165, 1.54) is 12.0 Å². The van der Waals surface area contributed by atoms with E-state index in [1.54, 1.807) is 11.9 Å². The number of nitrogens with one attached hydrogen (secondary N) is 2. The number of aromatic nitrogens is 2. The Morgan fingerprint density at radius 3 is 2.85 bits per heavy atom. The van der Waals surface area contributed by atoms with E-state index in [0.717, 1.165) is 53.8 Å². The molecule has 1 atom stereocenters. The fourth-order valence-electron chi connectivity index (χ4n) is 4.74. The maximum absolute atomic E-state index is 13.1. The van der Waals surface area contributed by atoms with Gasteiger partial charge in [0.2, 0.25) is 5.91 Å². The maximum Gasteiger partial charge on any atom is 0.255 e. The van der Waals surface area contributed by atoms with Crippen molar-refractivity contribution in [2.75, 3.05) is 20.1 Å². The van der Waals surface area contributed by atoms with E-state index in [-0.39, 0.29) is 18.2 Å². The van der Waals surface area contributed by atoms with Crippen molar-refractivity contribution in [2.45, 2.75) is 38.4 Å².